The molecule has 1 spiro atoms. The van der Waals surface area contributed by atoms with Gasteiger partial charge in [-0.15, -0.1) is 0 Å². The first-order valence-electron chi connectivity index (χ1n) is 9.43. The maximum atomic E-state index is 13.5. The lowest BCUT2D eigenvalue weighted by molar-refractivity contribution is -0.00145. The lowest BCUT2D eigenvalue weighted by atomic mass is 9.72. The van der Waals surface area contributed by atoms with Crippen LogP contribution in [0, 0.1) is 5.82 Å². The predicted molar refractivity (Wildman–Crippen MR) is 102 cm³/mol. The summed E-state index contributed by atoms with van der Waals surface area (Å²) in [4.78, 5) is 16.6. The molecule has 4 nitrogen and oxygen atoms in total. The maximum absolute atomic E-state index is 13.5. The van der Waals surface area contributed by atoms with E-state index in [4.69, 9.17) is 0 Å². The molecule has 1 fully saturated rings. The molecule has 0 bridgehead atoms. The lowest BCUT2D eigenvalue weighted by Gasteiger charge is -2.43. The van der Waals surface area contributed by atoms with Gasteiger partial charge in [-0.05, 0) is 56.3 Å². The Morgan fingerprint density at radius 2 is 1.85 bits per heavy atom. The fraction of sp³-hybridized carbons (Fsp3) is 0.409. The predicted octanol–water partition coefficient (Wildman–Crippen LogP) is 2.98. The molecule has 2 aromatic rings. The number of rotatable bonds is 2. The Morgan fingerprint density at radius 3 is 2.52 bits per heavy atom. The number of hydrogen-bond acceptors (Lipinski definition) is 3. The summed E-state index contributed by atoms with van der Waals surface area (Å²) in [5.74, 6) is -0.544. The van der Waals surface area contributed by atoms with Gasteiger partial charge in [0.25, 0.3) is 5.91 Å². The molecule has 1 N–H and O–H groups in total. The van der Waals surface area contributed by atoms with Gasteiger partial charge in [-0.3, -0.25) is 4.79 Å². The molecule has 1 amide bonds. The molecule has 27 heavy (non-hydrogen) atoms. The highest BCUT2D eigenvalue weighted by Gasteiger charge is 2.53. The highest BCUT2D eigenvalue weighted by atomic mass is 19.1. The number of likely N-dealkylation sites (N-methyl/N-ethyl adjacent to an activating group) is 1. The van der Waals surface area contributed by atoms with Gasteiger partial charge in [-0.2, -0.15) is 0 Å². The monoisotopic (exact) mass is 368 g/mol. The van der Waals surface area contributed by atoms with Gasteiger partial charge in [-0.25, -0.2) is 4.39 Å². The standard InChI is InChI=1S/C22H25FN2O2/c1-24(2)19-17-8-3-4-9-18(17)22(20(19)26)10-12-25(13-11-22)21(27)15-6-5-7-16(23)14-15/h3-9,14,19-20,26H,10-13H2,1-2H3/t19-,20+/m1/s1. The summed E-state index contributed by atoms with van der Waals surface area (Å²) in [5.41, 5.74) is 2.43. The Morgan fingerprint density at radius 1 is 1.15 bits per heavy atom. The van der Waals surface area contributed by atoms with E-state index in [0.29, 0.717) is 31.5 Å². The molecule has 1 aliphatic carbocycles. The van der Waals surface area contributed by atoms with E-state index in [9.17, 15) is 14.3 Å². The van der Waals surface area contributed by atoms with Crippen molar-refractivity contribution in [1.82, 2.24) is 9.80 Å². The second-order valence-corrected chi connectivity index (χ2v) is 7.90. The van der Waals surface area contributed by atoms with E-state index in [-0.39, 0.29) is 17.4 Å². The summed E-state index contributed by atoms with van der Waals surface area (Å²) < 4.78 is 13.5. The number of fused-ring (bicyclic) bond motifs is 2. The van der Waals surface area contributed by atoms with Crippen LogP contribution in [0.15, 0.2) is 48.5 Å². The van der Waals surface area contributed by atoms with Gasteiger partial charge in [0.2, 0.25) is 0 Å². The van der Waals surface area contributed by atoms with E-state index in [0.717, 1.165) is 0 Å². The molecule has 0 saturated carbocycles. The quantitative estimate of drug-likeness (QED) is 0.886. The molecule has 142 valence electrons. The van der Waals surface area contributed by atoms with Gasteiger partial charge < -0.3 is 14.9 Å². The largest absolute Gasteiger partial charge is 0.390 e. The molecule has 1 heterocycles. The van der Waals surface area contributed by atoms with Gasteiger partial charge in [0, 0.05) is 24.1 Å². The van der Waals surface area contributed by atoms with Gasteiger partial charge in [0.05, 0.1) is 12.1 Å². The van der Waals surface area contributed by atoms with Crippen molar-refractivity contribution in [3.63, 3.8) is 0 Å². The topological polar surface area (TPSA) is 43.8 Å². The zero-order valence-corrected chi connectivity index (χ0v) is 15.7. The summed E-state index contributed by atoms with van der Waals surface area (Å²) in [6.45, 7) is 1.11. The Bertz CT molecular complexity index is 859. The van der Waals surface area contributed by atoms with Crippen molar-refractivity contribution in [2.24, 2.45) is 0 Å². The number of nitrogens with zero attached hydrogens (tertiary/aromatic N) is 2. The van der Waals surface area contributed by atoms with Gasteiger partial charge in [0.15, 0.2) is 0 Å². The third-order valence-corrected chi connectivity index (χ3v) is 6.25. The zero-order chi connectivity index (χ0) is 19.2. The molecule has 0 aromatic heterocycles. The Balaban J connectivity index is 1.59. The number of carbonyl (C=O) groups excluding carboxylic acids is 1. The molecule has 4 rings (SSSR count). The van der Waals surface area contributed by atoms with Crippen LogP contribution in [0.3, 0.4) is 0 Å². The highest BCUT2D eigenvalue weighted by molar-refractivity contribution is 5.94. The number of hydrogen-bond donors (Lipinski definition) is 1. The van der Waals surface area contributed by atoms with E-state index in [1.54, 1.807) is 17.0 Å². The SMILES string of the molecule is CN(C)[C@@H]1c2ccccc2C2(CCN(C(=O)c3cccc(F)c3)CC2)[C@H]1O. The number of likely N-dealkylation sites (tertiary alicyclic amines) is 1. The number of carbonyl (C=O) groups is 1. The van der Waals surface area contributed by atoms with Crippen molar-refractivity contribution in [2.45, 2.75) is 30.4 Å². The van der Waals surface area contributed by atoms with Crippen molar-refractivity contribution in [2.75, 3.05) is 27.2 Å². The number of amides is 1. The zero-order valence-electron chi connectivity index (χ0n) is 15.7. The third kappa shape index (κ3) is 2.86. The number of benzene rings is 2. The molecule has 2 aliphatic rings. The fourth-order valence-electron chi connectivity index (χ4n) is 4.88. The number of halogens is 1. The second kappa shape index (κ2) is 6.73. The summed E-state index contributed by atoms with van der Waals surface area (Å²) in [6, 6.07) is 14.1. The first-order chi connectivity index (χ1) is 12.9. The summed E-state index contributed by atoms with van der Waals surface area (Å²) in [5, 5.41) is 11.2. The normalized spacial score (nSPS) is 23.7. The van der Waals surface area contributed by atoms with Crippen molar-refractivity contribution in [1.29, 1.82) is 0 Å². The summed E-state index contributed by atoms with van der Waals surface area (Å²) in [6.07, 6.45) is 0.906. The molecular formula is C22H25FN2O2. The Labute approximate surface area is 159 Å². The molecule has 5 heteroatoms. The second-order valence-electron chi connectivity index (χ2n) is 7.90. The first-order valence-corrected chi connectivity index (χ1v) is 9.43. The summed E-state index contributed by atoms with van der Waals surface area (Å²) in [7, 11) is 3.98. The van der Waals surface area contributed by atoms with Crippen LogP contribution >= 0.6 is 0 Å². The highest BCUT2D eigenvalue weighted by Crippen LogP contribution is 2.52. The molecule has 0 radical (unpaired) electrons. The van der Waals surface area contributed by atoms with Crippen LogP contribution in [0.4, 0.5) is 4.39 Å². The van der Waals surface area contributed by atoms with E-state index in [1.165, 1.54) is 23.3 Å². The van der Waals surface area contributed by atoms with Crippen LogP contribution in [0.2, 0.25) is 0 Å². The minimum absolute atomic E-state index is 0.0355. The van der Waals surface area contributed by atoms with E-state index in [2.05, 4.69) is 17.0 Å². The first kappa shape index (κ1) is 18.1. The van der Waals surface area contributed by atoms with Crippen molar-refractivity contribution < 1.29 is 14.3 Å². The molecule has 1 aliphatic heterocycles. The smallest absolute Gasteiger partial charge is 0.253 e. The molecule has 2 aromatic carbocycles. The Kier molecular flexibility index (Phi) is 4.52. The molecule has 2 atom stereocenters. The van der Waals surface area contributed by atoms with Crippen molar-refractivity contribution in [3.8, 4) is 0 Å². The van der Waals surface area contributed by atoms with Crippen LogP contribution in [0.25, 0.3) is 0 Å². The minimum atomic E-state index is -0.503. The van der Waals surface area contributed by atoms with Crippen LogP contribution < -0.4 is 0 Å². The average molecular weight is 368 g/mol. The van der Waals surface area contributed by atoms with Crippen LogP contribution in [-0.4, -0.2) is 54.1 Å². The van der Waals surface area contributed by atoms with Gasteiger partial charge in [0.1, 0.15) is 5.82 Å². The maximum Gasteiger partial charge on any atom is 0.253 e. The van der Waals surface area contributed by atoms with Crippen LogP contribution in [0.1, 0.15) is 40.4 Å². The van der Waals surface area contributed by atoms with Gasteiger partial charge in [-0.1, -0.05) is 30.3 Å². The lowest BCUT2D eigenvalue weighted by Crippen LogP contribution is -2.50. The fourth-order valence-corrected chi connectivity index (χ4v) is 4.88. The number of piperidine rings is 1. The van der Waals surface area contributed by atoms with Crippen LogP contribution in [0.5, 0.6) is 0 Å². The van der Waals surface area contributed by atoms with Crippen LogP contribution in [-0.2, 0) is 5.41 Å². The summed E-state index contributed by atoms with van der Waals surface area (Å²) >= 11 is 0. The van der Waals surface area contributed by atoms with Crippen molar-refractivity contribution in [3.05, 3.63) is 71.0 Å². The van der Waals surface area contributed by atoms with E-state index in [1.807, 2.05) is 26.2 Å². The molecule has 1 saturated heterocycles. The molecule has 0 unspecified atom stereocenters. The average Bonchev–Trinajstić information content (AvgIpc) is 2.90. The Hall–Kier alpha value is -2.24. The van der Waals surface area contributed by atoms with Gasteiger partial charge >= 0.3 is 0 Å². The third-order valence-electron chi connectivity index (χ3n) is 6.25. The number of aliphatic hydroxyl groups is 1. The number of aliphatic hydroxyl groups excluding tert-OH is 1. The molecular weight excluding hydrogens is 343 g/mol. The van der Waals surface area contributed by atoms with E-state index >= 15 is 0 Å². The minimum Gasteiger partial charge on any atom is -0.390 e. The van der Waals surface area contributed by atoms with E-state index < -0.39 is 11.9 Å². The van der Waals surface area contributed by atoms with Crippen molar-refractivity contribution >= 4 is 5.91 Å².